The molecule has 0 unspecified atom stereocenters. The van der Waals surface area contributed by atoms with Gasteiger partial charge in [0.25, 0.3) is 10.0 Å². The second-order valence-corrected chi connectivity index (χ2v) is 8.87. The van der Waals surface area contributed by atoms with Crippen molar-refractivity contribution in [2.24, 2.45) is 0 Å². The van der Waals surface area contributed by atoms with Gasteiger partial charge < -0.3 is 0 Å². The Kier molecular flexibility index (Phi) is 5.13. The third kappa shape index (κ3) is 4.06. The normalized spacial score (nSPS) is 11.3. The summed E-state index contributed by atoms with van der Waals surface area (Å²) in [6.45, 7) is 0. The van der Waals surface area contributed by atoms with E-state index in [-0.39, 0.29) is 4.90 Å². The van der Waals surface area contributed by atoms with E-state index in [0.29, 0.717) is 10.7 Å². The first-order chi connectivity index (χ1) is 13.5. The maximum atomic E-state index is 12.6. The van der Waals surface area contributed by atoms with Crippen LogP contribution in [0.4, 0.5) is 5.69 Å². The Labute approximate surface area is 171 Å². The number of rotatable bonds is 5. The van der Waals surface area contributed by atoms with Gasteiger partial charge in [0.15, 0.2) is 0 Å². The molecular weight excluding hydrogens is 414 g/mol. The number of benzene rings is 2. The molecule has 1 N–H and O–H groups in total. The number of anilines is 1. The fraction of sp³-hybridized carbons (Fsp3) is 0. The molecule has 5 nitrogen and oxygen atoms in total. The van der Waals surface area contributed by atoms with E-state index in [1.165, 1.54) is 23.5 Å². The van der Waals surface area contributed by atoms with E-state index >= 15 is 0 Å². The third-order valence-electron chi connectivity index (χ3n) is 3.92. The zero-order chi connectivity index (χ0) is 19.6. The number of nitrogens with one attached hydrogen (secondary N) is 1. The summed E-state index contributed by atoms with van der Waals surface area (Å²) in [6, 6.07) is 18.8. The van der Waals surface area contributed by atoms with E-state index < -0.39 is 10.0 Å². The number of thiazole rings is 1. The molecule has 140 valence electrons. The van der Waals surface area contributed by atoms with Gasteiger partial charge in [-0.05, 0) is 48.5 Å². The molecule has 0 fully saturated rings. The smallest absolute Gasteiger partial charge is 0.261 e. The van der Waals surface area contributed by atoms with E-state index in [2.05, 4.69) is 14.7 Å². The Bertz CT molecular complexity index is 1210. The SMILES string of the molecule is O=S(=O)(Nc1cccc(-c2csc(-c3ccccn3)n2)c1)c1ccc(Cl)cc1. The Morgan fingerprint density at radius 1 is 0.929 bits per heavy atom. The van der Waals surface area contributed by atoms with E-state index in [4.69, 9.17) is 11.6 Å². The van der Waals surface area contributed by atoms with Crippen molar-refractivity contribution in [3.05, 3.63) is 83.3 Å². The minimum absolute atomic E-state index is 0.147. The lowest BCUT2D eigenvalue weighted by molar-refractivity contribution is 0.601. The topological polar surface area (TPSA) is 72.0 Å². The molecule has 28 heavy (non-hydrogen) atoms. The number of hydrogen-bond acceptors (Lipinski definition) is 5. The highest BCUT2D eigenvalue weighted by Crippen LogP contribution is 2.29. The van der Waals surface area contributed by atoms with Gasteiger partial charge in [-0.1, -0.05) is 29.8 Å². The average Bonchev–Trinajstić information content (AvgIpc) is 3.19. The second-order valence-electron chi connectivity index (χ2n) is 5.89. The van der Waals surface area contributed by atoms with E-state index in [1.807, 2.05) is 29.6 Å². The zero-order valence-electron chi connectivity index (χ0n) is 14.4. The van der Waals surface area contributed by atoms with Crippen molar-refractivity contribution in [2.45, 2.75) is 4.90 Å². The van der Waals surface area contributed by atoms with Crippen LogP contribution in [0.15, 0.2) is 83.2 Å². The lowest BCUT2D eigenvalue weighted by Crippen LogP contribution is -2.12. The monoisotopic (exact) mass is 427 g/mol. The molecule has 2 heterocycles. The maximum Gasteiger partial charge on any atom is 0.261 e. The lowest BCUT2D eigenvalue weighted by Gasteiger charge is -2.09. The molecule has 8 heteroatoms. The molecule has 0 radical (unpaired) electrons. The van der Waals surface area contributed by atoms with Gasteiger partial charge in [-0.25, -0.2) is 13.4 Å². The van der Waals surface area contributed by atoms with Gasteiger partial charge in [0, 0.05) is 27.9 Å². The van der Waals surface area contributed by atoms with Gasteiger partial charge in [0.2, 0.25) is 0 Å². The Morgan fingerprint density at radius 2 is 1.75 bits per heavy atom. The molecule has 4 rings (SSSR count). The van der Waals surface area contributed by atoms with E-state index in [0.717, 1.165) is 22.0 Å². The minimum atomic E-state index is -3.70. The van der Waals surface area contributed by atoms with Gasteiger partial charge in [-0.2, -0.15) is 0 Å². The largest absolute Gasteiger partial charge is 0.280 e. The highest BCUT2D eigenvalue weighted by atomic mass is 35.5. The third-order valence-corrected chi connectivity index (χ3v) is 6.44. The van der Waals surface area contributed by atoms with Crippen molar-refractivity contribution in [2.75, 3.05) is 4.72 Å². The van der Waals surface area contributed by atoms with Crippen molar-refractivity contribution in [3.8, 4) is 22.0 Å². The zero-order valence-corrected chi connectivity index (χ0v) is 16.8. The molecule has 0 spiro atoms. The predicted octanol–water partition coefficient (Wildman–Crippen LogP) is 5.33. The van der Waals surface area contributed by atoms with Crippen LogP contribution in [0.3, 0.4) is 0 Å². The van der Waals surface area contributed by atoms with Crippen LogP contribution in [0.1, 0.15) is 0 Å². The predicted molar refractivity (Wildman–Crippen MR) is 113 cm³/mol. The van der Waals surface area contributed by atoms with E-state index in [9.17, 15) is 8.42 Å². The first-order valence-electron chi connectivity index (χ1n) is 8.27. The Hall–Kier alpha value is -2.74. The van der Waals surface area contributed by atoms with Crippen molar-refractivity contribution in [1.29, 1.82) is 0 Å². The standard InChI is InChI=1S/C20H14ClN3O2S2/c21-15-7-9-17(10-8-15)28(25,26)24-16-5-3-4-14(12-16)19-13-27-20(23-19)18-6-1-2-11-22-18/h1-13,24H. The summed E-state index contributed by atoms with van der Waals surface area (Å²) < 4.78 is 27.7. The molecule has 0 atom stereocenters. The molecule has 2 aromatic heterocycles. The number of pyridine rings is 1. The number of aromatic nitrogens is 2. The molecule has 0 aliphatic heterocycles. The highest BCUT2D eigenvalue weighted by molar-refractivity contribution is 7.92. The summed E-state index contributed by atoms with van der Waals surface area (Å²) in [4.78, 5) is 9.08. The average molecular weight is 428 g/mol. The van der Waals surface area contributed by atoms with Crippen LogP contribution in [0.5, 0.6) is 0 Å². The van der Waals surface area contributed by atoms with Gasteiger partial charge in [-0.3, -0.25) is 9.71 Å². The summed E-state index contributed by atoms with van der Waals surface area (Å²) in [5.41, 5.74) is 2.84. The molecule has 0 bridgehead atoms. The lowest BCUT2D eigenvalue weighted by atomic mass is 10.1. The fourth-order valence-electron chi connectivity index (χ4n) is 2.58. The van der Waals surface area contributed by atoms with Crippen molar-refractivity contribution in [3.63, 3.8) is 0 Å². The summed E-state index contributed by atoms with van der Waals surface area (Å²) in [6.07, 6.45) is 1.72. The molecule has 0 amide bonds. The molecule has 4 aromatic rings. The van der Waals surface area contributed by atoms with Crippen molar-refractivity contribution < 1.29 is 8.42 Å². The van der Waals surface area contributed by atoms with Gasteiger partial charge in [-0.15, -0.1) is 11.3 Å². The second kappa shape index (κ2) is 7.71. The molecule has 0 aliphatic rings. The summed E-state index contributed by atoms with van der Waals surface area (Å²) >= 11 is 7.32. The van der Waals surface area contributed by atoms with Crippen LogP contribution in [-0.4, -0.2) is 18.4 Å². The number of sulfonamides is 1. The van der Waals surface area contributed by atoms with Gasteiger partial charge in [0.05, 0.1) is 16.3 Å². The Morgan fingerprint density at radius 3 is 2.50 bits per heavy atom. The molecule has 0 aliphatic carbocycles. The first kappa shape index (κ1) is 18.6. The van der Waals surface area contributed by atoms with E-state index in [1.54, 1.807) is 36.5 Å². The van der Waals surface area contributed by atoms with Crippen LogP contribution in [0.25, 0.3) is 22.0 Å². The fourth-order valence-corrected chi connectivity index (χ4v) is 4.56. The number of hydrogen-bond donors (Lipinski definition) is 1. The van der Waals surface area contributed by atoms with Gasteiger partial charge in [0.1, 0.15) is 5.01 Å². The van der Waals surface area contributed by atoms with Crippen LogP contribution >= 0.6 is 22.9 Å². The highest BCUT2D eigenvalue weighted by Gasteiger charge is 2.15. The van der Waals surface area contributed by atoms with Crippen LogP contribution < -0.4 is 4.72 Å². The van der Waals surface area contributed by atoms with Crippen LogP contribution in [0, 0.1) is 0 Å². The maximum absolute atomic E-state index is 12.6. The molecule has 0 saturated heterocycles. The van der Waals surface area contributed by atoms with Crippen molar-refractivity contribution in [1.82, 2.24) is 9.97 Å². The van der Waals surface area contributed by atoms with Gasteiger partial charge >= 0.3 is 0 Å². The summed E-state index contributed by atoms with van der Waals surface area (Å²) in [5, 5.41) is 3.22. The molecule has 2 aromatic carbocycles. The summed E-state index contributed by atoms with van der Waals surface area (Å²) in [7, 11) is -3.70. The van der Waals surface area contributed by atoms with Crippen LogP contribution in [-0.2, 0) is 10.0 Å². The van der Waals surface area contributed by atoms with Crippen molar-refractivity contribution >= 4 is 38.6 Å². The Balaban J connectivity index is 1.60. The summed E-state index contributed by atoms with van der Waals surface area (Å²) in [5.74, 6) is 0. The molecular formula is C20H14ClN3O2S2. The van der Waals surface area contributed by atoms with Crippen LogP contribution in [0.2, 0.25) is 5.02 Å². The first-order valence-corrected chi connectivity index (χ1v) is 11.0. The minimum Gasteiger partial charge on any atom is -0.280 e. The number of halogens is 1. The number of nitrogens with zero attached hydrogens (tertiary/aromatic N) is 2. The quantitative estimate of drug-likeness (QED) is 0.467. The molecule has 0 saturated carbocycles.